The molecule has 2 saturated heterocycles. The fourth-order valence-corrected chi connectivity index (χ4v) is 4.77. The maximum Gasteiger partial charge on any atom is 0.253 e. The van der Waals surface area contributed by atoms with E-state index in [1.165, 1.54) is 25.8 Å². The van der Waals surface area contributed by atoms with Crippen molar-refractivity contribution in [3.05, 3.63) is 33.8 Å². The van der Waals surface area contributed by atoms with Crippen molar-refractivity contribution in [1.82, 2.24) is 15.1 Å². The van der Waals surface area contributed by atoms with E-state index >= 15 is 0 Å². The lowest BCUT2D eigenvalue weighted by atomic mass is 9.96. The number of nitrogens with one attached hydrogen (secondary N) is 1. The largest absolute Gasteiger partial charge is 0.356 e. The van der Waals surface area contributed by atoms with Gasteiger partial charge in [-0.3, -0.25) is 9.59 Å². The number of halogens is 2. The minimum atomic E-state index is -0.146. The van der Waals surface area contributed by atoms with Gasteiger partial charge in [0.05, 0.1) is 16.0 Å². The van der Waals surface area contributed by atoms with E-state index in [0.717, 1.165) is 32.2 Å². The van der Waals surface area contributed by atoms with Gasteiger partial charge < -0.3 is 15.1 Å². The van der Waals surface area contributed by atoms with Gasteiger partial charge in [0.15, 0.2) is 0 Å². The summed E-state index contributed by atoms with van der Waals surface area (Å²) in [6.07, 6.45) is 7.71. The molecule has 166 valence electrons. The molecule has 2 fully saturated rings. The smallest absolute Gasteiger partial charge is 0.253 e. The van der Waals surface area contributed by atoms with Crippen LogP contribution >= 0.6 is 23.2 Å². The summed E-state index contributed by atoms with van der Waals surface area (Å²) in [5.41, 5.74) is 0.511. The maximum atomic E-state index is 12.8. The molecule has 7 heteroatoms. The summed E-state index contributed by atoms with van der Waals surface area (Å²) in [5.74, 6) is -0.178. The van der Waals surface area contributed by atoms with E-state index < -0.39 is 0 Å². The summed E-state index contributed by atoms with van der Waals surface area (Å²) in [4.78, 5) is 29.7. The molecule has 2 unspecified atom stereocenters. The molecule has 0 aliphatic carbocycles. The molecule has 0 radical (unpaired) electrons. The van der Waals surface area contributed by atoms with Gasteiger partial charge in [-0.05, 0) is 76.7 Å². The summed E-state index contributed by atoms with van der Waals surface area (Å²) in [6, 6.07) is 5.60. The first-order chi connectivity index (χ1) is 14.5. The van der Waals surface area contributed by atoms with Gasteiger partial charge in [-0.1, -0.05) is 29.6 Å². The number of benzene rings is 1. The van der Waals surface area contributed by atoms with Crippen LogP contribution in [-0.2, 0) is 4.79 Å². The fourth-order valence-electron chi connectivity index (χ4n) is 4.47. The van der Waals surface area contributed by atoms with Gasteiger partial charge in [0.1, 0.15) is 0 Å². The van der Waals surface area contributed by atoms with Gasteiger partial charge in [-0.25, -0.2) is 0 Å². The average Bonchev–Trinajstić information content (AvgIpc) is 2.76. The third kappa shape index (κ3) is 6.35. The zero-order valence-corrected chi connectivity index (χ0v) is 19.4. The first kappa shape index (κ1) is 23.4. The van der Waals surface area contributed by atoms with Gasteiger partial charge in [-0.2, -0.15) is 0 Å². The second-order valence-corrected chi connectivity index (χ2v) is 9.41. The highest BCUT2D eigenvalue weighted by Gasteiger charge is 2.29. The monoisotopic (exact) mass is 453 g/mol. The Kier molecular flexibility index (Phi) is 8.84. The number of unbranched alkanes of at least 4 members (excludes halogenated alkanes) is 1. The molecule has 1 N–H and O–H groups in total. The van der Waals surface area contributed by atoms with Crippen molar-refractivity contribution >= 4 is 35.0 Å². The van der Waals surface area contributed by atoms with Crippen LogP contribution in [0.1, 0.15) is 62.2 Å². The van der Waals surface area contributed by atoms with Crippen molar-refractivity contribution in [2.75, 3.05) is 32.7 Å². The molecule has 0 aromatic heterocycles. The standard InChI is InChI=1S/C23H33Cl2N3O2/c1-17-7-2-4-12-27(17)13-5-3-11-26-22(29)19-8-6-14-28(16-19)23(30)18-9-10-20(24)21(25)15-18/h9-10,15,17,19H,2-8,11-14,16H2,1H3,(H,26,29). The number of likely N-dealkylation sites (tertiary alicyclic amines) is 2. The van der Waals surface area contributed by atoms with E-state index in [1.54, 1.807) is 23.1 Å². The number of nitrogens with zero attached hydrogens (tertiary/aromatic N) is 2. The van der Waals surface area contributed by atoms with E-state index in [4.69, 9.17) is 23.2 Å². The van der Waals surface area contributed by atoms with E-state index in [0.29, 0.717) is 41.3 Å². The molecule has 0 saturated carbocycles. The number of amides is 2. The summed E-state index contributed by atoms with van der Waals surface area (Å²) >= 11 is 12.0. The van der Waals surface area contributed by atoms with Crippen LogP contribution in [0, 0.1) is 5.92 Å². The molecule has 1 aromatic rings. The van der Waals surface area contributed by atoms with E-state index in [2.05, 4.69) is 17.1 Å². The summed E-state index contributed by atoms with van der Waals surface area (Å²) in [7, 11) is 0. The molecule has 2 aliphatic heterocycles. The lowest BCUT2D eigenvalue weighted by molar-refractivity contribution is -0.126. The van der Waals surface area contributed by atoms with Crippen LogP contribution in [0.3, 0.4) is 0 Å². The Morgan fingerprint density at radius 1 is 1.07 bits per heavy atom. The van der Waals surface area contributed by atoms with Gasteiger partial charge in [-0.15, -0.1) is 0 Å². The Morgan fingerprint density at radius 2 is 1.90 bits per heavy atom. The first-order valence-electron chi connectivity index (χ1n) is 11.2. The quantitative estimate of drug-likeness (QED) is 0.612. The molecule has 2 amide bonds. The van der Waals surface area contributed by atoms with Crippen molar-refractivity contribution in [1.29, 1.82) is 0 Å². The number of hydrogen-bond acceptors (Lipinski definition) is 3. The van der Waals surface area contributed by atoms with Crippen LogP contribution < -0.4 is 5.32 Å². The summed E-state index contributed by atoms with van der Waals surface area (Å²) < 4.78 is 0. The predicted molar refractivity (Wildman–Crippen MR) is 122 cm³/mol. The van der Waals surface area contributed by atoms with Crippen LogP contribution in [0.15, 0.2) is 18.2 Å². The molecule has 3 rings (SSSR count). The van der Waals surface area contributed by atoms with Crippen molar-refractivity contribution in [2.45, 2.75) is 57.9 Å². The lowest BCUT2D eigenvalue weighted by Crippen LogP contribution is -2.45. The molecule has 1 aromatic carbocycles. The van der Waals surface area contributed by atoms with E-state index in [9.17, 15) is 9.59 Å². The highest BCUT2D eigenvalue weighted by atomic mass is 35.5. The molecule has 2 atom stereocenters. The van der Waals surface area contributed by atoms with Gasteiger partial charge in [0.25, 0.3) is 5.91 Å². The molecule has 5 nitrogen and oxygen atoms in total. The molecule has 30 heavy (non-hydrogen) atoms. The highest BCUT2D eigenvalue weighted by Crippen LogP contribution is 2.25. The van der Waals surface area contributed by atoms with Gasteiger partial charge in [0.2, 0.25) is 5.91 Å². The highest BCUT2D eigenvalue weighted by molar-refractivity contribution is 6.42. The fraction of sp³-hybridized carbons (Fsp3) is 0.652. The van der Waals surface area contributed by atoms with Crippen molar-refractivity contribution in [3.8, 4) is 0 Å². The minimum absolute atomic E-state index is 0.0629. The normalized spacial score (nSPS) is 22.7. The number of rotatable bonds is 7. The maximum absolute atomic E-state index is 12.8. The third-order valence-electron chi connectivity index (χ3n) is 6.36. The van der Waals surface area contributed by atoms with Crippen LogP contribution in [0.2, 0.25) is 10.0 Å². The zero-order valence-electron chi connectivity index (χ0n) is 17.8. The summed E-state index contributed by atoms with van der Waals surface area (Å²) in [6.45, 7) is 6.46. The van der Waals surface area contributed by atoms with Crippen LogP contribution in [0.4, 0.5) is 0 Å². The SMILES string of the molecule is CC1CCCCN1CCCCNC(=O)C1CCCN(C(=O)c2ccc(Cl)c(Cl)c2)C1. The minimum Gasteiger partial charge on any atom is -0.356 e. The number of carbonyl (C=O) groups is 2. The molecule has 2 aliphatic rings. The molecular weight excluding hydrogens is 421 g/mol. The van der Waals surface area contributed by atoms with Crippen LogP contribution in [-0.4, -0.2) is 60.4 Å². The Hall–Kier alpha value is -1.30. The van der Waals surface area contributed by atoms with Crippen LogP contribution in [0.5, 0.6) is 0 Å². The van der Waals surface area contributed by atoms with Gasteiger partial charge in [0, 0.05) is 31.2 Å². The van der Waals surface area contributed by atoms with Crippen LogP contribution in [0.25, 0.3) is 0 Å². The molecule has 2 heterocycles. The average molecular weight is 454 g/mol. The lowest BCUT2D eigenvalue weighted by Gasteiger charge is -2.33. The Bertz CT molecular complexity index is 743. The zero-order chi connectivity index (χ0) is 21.5. The molecular formula is C23H33Cl2N3O2. The van der Waals surface area contributed by atoms with Gasteiger partial charge >= 0.3 is 0 Å². The van der Waals surface area contributed by atoms with E-state index in [1.807, 2.05) is 0 Å². The van der Waals surface area contributed by atoms with Crippen molar-refractivity contribution in [3.63, 3.8) is 0 Å². The predicted octanol–water partition coefficient (Wildman–Crippen LogP) is 4.62. The first-order valence-corrected chi connectivity index (χ1v) is 12.0. The number of piperidine rings is 2. The number of carbonyl (C=O) groups excluding carboxylic acids is 2. The topological polar surface area (TPSA) is 52.7 Å². The second-order valence-electron chi connectivity index (χ2n) is 8.60. The van der Waals surface area contributed by atoms with E-state index in [-0.39, 0.29) is 17.7 Å². The molecule has 0 bridgehead atoms. The molecule has 0 spiro atoms. The number of hydrogen-bond donors (Lipinski definition) is 1. The summed E-state index contributed by atoms with van der Waals surface area (Å²) in [5, 5.41) is 3.88. The third-order valence-corrected chi connectivity index (χ3v) is 7.10. The second kappa shape index (κ2) is 11.4. The van der Waals surface area contributed by atoms with Crippen molar-refractivity contribution < 1.29 is 9.59 Å². The van der Waals surface area contributed by atoms with Crippen molar-refractivity contribution in [2.24, 2.45) is 5.92 Å². The Balaban J connectivity index is 1.40. The Morgan fingerprint density at radius 3 is 2.67 bits per heavy atom. The Labute approximate surface area is 190 Å².